The predicted octanol–water partition coefficient (Wildman–Crippen LogP) is 6.18. The molecule has 46 heavy (non-hydrogen) atoms. The summed E-state index contributed by atoms with van der Waals surface area (Å²) in [4.78, 5) is 23.5. The van der Waals surface area contributed by atoms with E-state index in [2.05, 4.69) is 52.9 Å². The van der Waals surface area contributed by atoms with Crippen LogP contribution in [0.1, 0.15) is 85.3 Å². The number of hydrogen-bond donors (Lipinski definition) is 2. The number of hydrogen-bond acceptors (Lipinski definition) is 7. The Bertz CT molecular complexity index is 1530. The number of aliphatic hydroxyl groups excluding tert-OH is 1. The summed E-state index contributed by atoms with van der Waals surface area (Å²) in [6, 6.07) is 19.6. The van der Waals surface area contributed by atoms with E-state index in [1.165, 1.54) is 5.57 Å². The van der Waals surface area contributed by atoms with Crippen molar-refractivity contribution >= 4 is 11.6 Å². The highest BCUT2D eigenvalue weighted by molar-refractivity contribution is 6.10. The largest absolute Gasteiger partial charge is 0.497 e. The molecule has 7 nitrogen and oxygen atoms in total. The Morgan fingerprint density at radius 3 is 2.52 bits per heavy atom. The van der Waals surface area contributed by atoms with Crippen LogP contribution in [0.3, 0.4) is 0 Å². The monoisotopic (exact) mass is 623 g/mol. The summed E-state index contributed by atoms with van der Waals surface area (Å²) in [5, 5.41) is 23.6. The Labute approximate surface area is 273 Å². The molecular weight excluding hydrogens is 574 g/mol. The molecule has 7 rings (SSSR count). The van der Waals surface area contributed by atoms with Gasteiger partial charge in [-0.2, -0.15) is 0 Å². The zero-order valence-electron chi connectivity index (χ0n) is 27.6. The molecule has 2 N–H and O–H groups in total. The Kier molecular flexibility index (Phi) is 9.64. The summed E-state index contributed by atoms with van der Waals surface area (Å²) < 4.78 is 5.35. The molecule has 3 aliphatic carbocycles. The van der Waals surface area contributed by atoms with Crippen LogP contribution in [0, 0.1) is 5.41 Å². The molecule has 7 heteroatoms. The Hall–Kier alpha value is -3.52. The van der Waals surface area contributed by atoms with Gasteiger partial charge in [0.15, 0.2) is 5.78 Å². The molecule has 4 atom stereocenters. The number of carbonyl (C=O) groups excluding carboxylic acids is 1. The van der Waals surface area contributed by atoms with Crippen molar-refractivity contribution in [2.24, 2.45) is 5.41 Å². The smallest absolute Gasteiger partial charge is 0.193 e. The first-order valence-electron chi connectivity index (χ1n) is 16.9. The minimum atomic E-state index is -0.904. The number of rotatable bonds is 6. The van der Waals surface area contributed by atoms with Crippen LogP contribution >= 0.6 is 0 Å². The molecule has 1 saturated heterocycles. The fraction of sp³-hybridized carbons (Fsp3) is 0.487. The molecule has 2 heterocycles. The highest BCUT2D eigenvalue weighted by Gasteiger charge is 2.57. The topological polar surface area (TPSA) is 86.1 Å². The number of ether oxygens (including phenoxy) is 1. The lowest BCUT2D eigenvalue weighted by molar-refractivity contribution is -0.0841. The van der Waals surface area contributed by atoms with Gasteiger partial charge < -0.3 is 19.8 Å². The standard InChI is InChI=1S/C39H49N3O4/c1-28-7-6-18-38(2)35(17-19-39(38,45)27-41-21-23-42(24-22-41)36-8-4-5-20-40-36)33-16-10-29(25-31(43)13-9-28)26-34(33)37(44)30-11-14-32(46-3)15-12-30/h4-5,7-8,10-12,14-16,20,26,31,35,43,45H,6,9,13,17-19,21-25,27H2,1-3H3. The summed E-state index contributed by atoms with van der Waals surface area (Å²) in [6.07, 6.45) is 8.87. The number of nitrogens with zero attached hydrogens (tertiary/aromatic N) is 3. The molecule has 2 aromatic carbocycles. The SMILES string of the molecule is COc1ccc(C(=O)c2cc3ccc2C2CCC(O)(CN4CCN(c5ccccn5)CC4)C2(C)CCC=C(C)CCC(O)C3)cc1. The van der Waals surface area contributed by atoms with E-state index < -0.39 is 17.1 Å². The van der Waals surface area contributed by atoms with Crippen LogP contribution in [0.15, 0.2) is 78.5 Å². The number of β-amino-alcohol motifs (C(OH)–C–C–N with tert-alkyl or cyclic N) is 1. The molecule has 1 aromatic heterocycles. The average molecular weight is 624 g/mol. The maximum absolute atomic E-state index is 14.2. The van der Waals surface area contributed by atoms with Crippen LogP contribution in [0.5, 0.6) is 5.75 Å². The Morgan fingerprint density at radius 1 is 1.02 bits per heavy atom. The van der Waals surface area contributed by atoms with Crippen LogP contribution in [-0.4, -0.2) is 77.4 Å². The van der Waals surface area contributed by atoms with Crippen molar-refractivity contribution < 1.29 is 19.7 Å². The number of allylic oxidation sites excluding steroid dienone is 2. The van der Waals surface area contributed by atoms with Crippen molar-refractivity contribution in [3.05, 3.63) is 101 Å². The van der Waals surface area contributed by atoms with Gasteiger partial charge in [0, 0.05) is 55.5 Å². The highest BCUT2D eigenvalue weighted by Crippen LogP contribution is 2.59. The van der Waals surface area contributed by atoms with E-state index in [9.17, 15) is 15.0 Å². The molecule has 3 aromatic rings. The third-order valence-corrected chi connectivity index (χ3v) is 11.1. The zero-order valence-corrected chi connectivity index (χ0v) is 27.6. The zero-order chi connectivity index (χ0) is 32.3. The number of fused-ring (bicyclic) bond motifs is 8. The average Bonchev–Trinajstić information content (AvgIpc) is 3.32. The van der Waals surface area contributed by atoms with E-state index in [0.29, 0.717) is 42.7 Å². The Morgan fingerprint density at radius 2 is 1.80 bits per heavy atom. The van der Waals surface area contributed by atoms with Gasteiger partial charge in [-0.15, -0.1) is 0 Å². The van der Waals surface area contributed by atoms with Crippen LogP contribution < -0.4 is 9.64 Å². The van der Waals surface area contributed by atoms with Gasteiger partial charge >= 0.3 is 0 Å². The van der Waals surface area contributed by atoms with Crippen molar-refractivity contribution in [3.8, 4) is 5.75 Å². The number of benzene rings is 2. The maximum Gasteiger partial charge on any atom is 0.193 e. The molecule has 4 aliphatic rings. The van der Waals surface area contributed by atoms with Gasteiger partial charge in [0.05, 0.1) is 18.8 Å². The van der Waals surface area contributed by atoms with Crippen LogP contribution in [0.2, 0.25) is 0 Å². The number of ketones is 1. The third kappa shape index (κ3) is 6.64. The minimum absolute atomic E-state index is 0.0140. The van der Waals surface area contributed by atoms with Crippen molar-refractivity contribution in [2.45, 2.75) is 76.4 Å². The number of piperazine rings is 1. The second-order valence-corrected chi connectivity index (χ2v) is 14.0. The molecule has 0 amide bonds. The predicted molar refractivity (Wildman–Crippen MR) is 183 cm³/mol. The van der Waals surface area contributed by atoms with E-state index in [1.807, 2.05) is 48.7 Å². The molecule has 0 radical (unpaired) electrons. The van der Waals surface area contributed by atoms with Crippen molar-refractivity contribution in [3.63, 3.8) is 0 Å². The van der Waals surface area contributed by atoms with Gasteiger partial charge in [-0.25, -0.2) is 4.98 Å². The molecule has 2 bridgehead atoms. The first kappa shape index (κ1) is 32.4. The van der Waals surface area contributed by atoms with E-state index >= 15 is 0 Å². The van der Waals surface area contributed by atoms with Crippen molar-refractivity contribution in [1.29, 1.82) is 0 Å². The third-order valence-electron chi connectivity index (χ3n) is 11.1. The molecule has 4 unspecified atom stereocenters. The molecular formula is C39H49N3O4. The minimum Gasteiger partial charge on any atom is -0.497 e. The first-order chi connectivity index (χ1) is 22.2. The van der Waals surface area contributed by atoms with Crippen molar-refractivity contribution in [1.82, 2.24) is 9.88 Å². The maximum atomic E-state index is 14.2. The fourth-order valence-corrected chi connectivity index (χ4v) is 8.14. The number of pyridine rings is 1. The second kappa shape index (κ2) is 13.7. The van der Waals surface area contributed by atoms with Crippen LogP contribution in [-0.2, 0) is 6.42 Å². The van der Waals surface area contributed by atoms with Gasteiger partial charge in [0.2, 0.25) is 0 Å². The number of aromatic nitrogens is 1. The summed E-state index contributed by atoms with van der Waals surface area (Å²) >= 11 is 0. The van der Waals surface area contributed by atoms with E-state index in [0.717, 1.165) is 68.8 Å². The van der Waals surface area contributed by atoms with Gasteiger partial charge in [-0.1, -0.05) is 36.8 Å². The summed E-state index contributed by atoms with van der Waals surface area (Å²) in [5.41, 5.74) is 3.21. The normalized spacial score (nSPS) is 27.5. The quantitative estimate of drug-likeness (QED) is 0.251. The van der Waals surface area contributed by atoms with E-state index in [1.54, 1.807) is 7.11 Å². The van der Waals surface area contributed by atoms with Gasteiger partial charge in [0.1, 0.15) is 11.6 Å². The molecule has 1 saturated carbocycles. The molecule has 2 fully saturated rings. The number of methoxy groups -OCH3 is 1. The second-order valence-electron chi connectivity index (χ2n) is 14.0. The molecule has 0 spiro atoms. The number of carbonyl (C=O) groups is 1. The van der Waals surface area contributed by atoms with Gasteiger partial charge in [-0.3, -0.25) is 9.69 Å². The summed E-state index contributed by atoms with van der Waals surface area (Å²) in [6.45, 7) is 8.54. The summed E-state index contributed by atoms with van der Waals surface area (Å²) in [7, 11) is 1.62. The lowest BCUT2D eigenvalue weighted by Crippen LogP contribution is -2.56. The number of anilines is 1. The van der Waals surface area contributed by atoms with Crippen LogP contribution in [0.25, 0.3) is 0 Å². The fourth-order valence-electron chi connectivity index (χ4n) is 8.14. The lowest BCUT2D eigenvalue weighted by atomic mass is 9.64. The van der Waals surface area contributed by atoms with Crippen LogP contribution in [0.4, 0.5) is 5.82 Å². The Balaban J connectivity index is 1.33. The molecule has 244 valence electrons. The van der Waals surface area contributed by atoms with Crippen molar-refractivity contribution in [2.75, 3.05) is 44.7 Å². The number of aliphatic hydroxyl groups is 2. The molecule has 1 aliphatic heterocycles. The highest BCUT2D eigenvalue weighted by atomic mass is 16.5. The van der Waals surface area contributed by atoms with E-state index in [4.69, 9.17) is 4.74 Å². The van der Waals surface area contributed by atoms with E-state index in [-0.39, 0.29) is 11.7 Å². The summed E-state index contributed by atoms with van der Waals surface area (Å²) in [5.74, 6) is 1.70. The lowest BCUT2D eigenvalue weighted by Gasteiger charge is -2.47. The van der Waals surface area contributed by atoms with Gasteiger partial charge in [0.25, 0.3) is 0 Å². The van der Waals surface area contributed by atoms with Gasteiger partial charge in [-0.05, 0) is 111 Å². The first-order valence-corrected chi connectivity index (χ1v) is 16.9.